The van der Waals surface area contributed by atoms with Gasteiger partial charge in [-0.25, -0.2) is 0 Å². The van der Waals surface area contributed by atoms with E-state index in [-0.39, 0.29) is 11.7 Å². The van der Waals surface area contributed by atoms with Crippen LogP contribution in [-0.2, 0) is 4.74 Å². The molecular formula is C14H21N3O2S. The fourth-order valence-electron chi connectivity index (χ4n) is 2.38. The van der Waals surface area contributed by atoms with Crippen LogP contribution in [0.5, 0.6) is 0 Å². The van der Waals surface area contributed by atoms with E-state index in [2.05, 4.69) is 10.2 Å². The maximum atomic E-state index is 12.0. The van der Waals surface area contributed by atoms with Crippen molar-refractivity contribution >= 4 is 27.8 Å². The summed E-state index contributed by atoms with van der Waals surface area (Å²) in [5.74, 6) is 0.464. The van der Waals surface area contributed by atoms with Crippen molar-refractivity contribution in [1.82, 2.24) is 4.90 Å². The molecule has 0 unspecified atom stereocenters. The summed E-state index contributed by atoms with van der Waals surface area (Å²) in [6, 6.07) is 1.89. The first-order valence-electron chi connectivity index (χ1n) is 7.21. The molecule has 0 radical (unpaired) electrons. The molecule has 3 N–H and O–H groups in total. The molecule has 0 spiro atoms. The summed E-state index contributed by atoms with van der Waals surface area (Å²) in [4.78, 5) is 15.2. The van der Waals surface area contributed by atoms with Gasteiger partial charge in [0.25, 0.3) is 0 Å². The van der Waals surface area contributed by atoms with E-state index in [1.165, 1.54) is 11.3 Å². The van der Waals surface area contributed by atoms with Crippen LogP contribution in [0.1, 0.15) is 22.5 Å². The summed E-state index contributed by atoms with van der Waals surface area (Å²) in [5, 5.41) is 4.37. The zero-order valence-corrected chi connectivity index (χ0v) is 12.4. The SMILES string of the molecule is Nc1cc(NCCN2CCOCC2)sc1C(=O)C1CC1. The second kappa shape index (κ2) is 6.11. The minimum Gasteiger partial charge on any atom is -0.397 e. The van der Waals surface area contributed by atoms with E-state index in [9.17, 15) is 4.79 Å². The number of nitrogens with zero attached hydrogens (tertiary/aromatic N) is 1. The molecule has 2 aliphatic rings. The quantitative estimate of drug-likeness (QED) is 0.781. The van der Waals surface area contributed by atoms with Gasteiger partial charge in [0.15, 0.2) is 5.78 Å². The first kappa shape index (κ1) is 13.9. The van der Waals surface area contributed by atoms with Crippen LogP contribution in [0.3, 0.4) is 0 Å². The number of anilines is 2. The van der Waals surface area contributed by atoms with Gasteiger partial charge in [-0.05, 0) is 18.9 Å². The molecule has 2 fully saturated rings. The Kier molecular flexibility index (Phi) is 4.24. The van der Waals surface area contributed by atoms with Crippen molar-refractivity contribution in [3.8, 4) is 0 Å². The fourth-order valence-corrected chi connectivity index (χ4v) is 3.40. The second-order valence-electron chi connectivity index (χ2n) is 5.41. The lowest BCUT2D eigenvalue weighted by molar-refractivity contribution is 0.0398. The van der Waals surface area contributed by atoms with Gasteiger partial charge in [0.1, 0.15) is 0 Å². The second-order valence-corrected chi connectivity index (χ2v) is 6.47. The molecule has 0 bridgehead atoms. The van der Waals surface area contributed by atoms with Crippen LogP contribution in [0.4, 0.5) is 10.7 Å². The molecule has 20 heavy (non-hydrogen) atoms. The van der Waals surface area contributed by atoms with Crippen molar-refractivity contribution < 1.29 is 9.53 Å². The molecule has 3 rings (SSSR count). The lowest BCUT2D eigenvalue weighted by Gasteiger charge is -2.26. The third-order valence-corrected chi connectivity index (χ3v) is 4.89. The molecule has 5 nitrogen and oxygen atoms in total. The first-order valence-corrected chi connectivity index (χ1v) is 8.03. The monoisotopic (exact) mass is 295 g/mol. The van der Waals surface area contributed by atoms with Crippen LogP contribution in [0, 0.1) is 5.92 Å². The molecule has 1 aromatic rings. The third kappa shape index (κ3) is 3.31. The number of ether oxygens (including phenoxy) is 1. The molecule has 110 valence electrons. The Morgan fingerprint density at radius 3 is 2.90 bits per heavy atom. The van der Waals surface area contributed by atoms with E-state index >= 15 is 0 Å². The summed E-state index contributed by atoms with van der Waals surface area (Å²) in [7, 11) is 0. The van der Waals surface area contributed by atoms with Gasteiger partial charge in [-0.15, -0.1) is 11.3 Å². The van der Waals surface area contributed by atoms with Crippen LogP contribution < -0.4 is 11.1 Å². The number of hydrogen-bond donors (Lipinski definition) is 2. The number of rotatable bonds is 6. The number of ketones is 1. The molecule has 0 aromatic carbocycles. The van der Waals surface area contributed by atoms with Crippen LogP contribution in [0.2, 0.25) is 0 Å². The molecule has 1 saturated heterocycles. The lowest BCUT2D eigenvalue weighted by Crippen LogP contribution is -2.38. The van der Waals surface area contributed by atoms with Gasteiger partial charge in [0, 0.05) is 32.1 Å². The molecule has 0 amide bonds. The number of Topliss-reactive ketones (excluding diaryl/α,β-unsaturated/α-hetero) is 1. The Balaban J connectivity index is 1.50. The lowest BCUT2D eigenvalue weighted by atomic mass is 10.2. The summed E-state index contributed by atoms with van der Waals surface area (Å²) >= 11 is 1.49. The molecule has 6 heteroatoms. The highest BCUT2D eigenvalue weighted by Gasteiger charge is 2.32. The van der Waals surface area contributed by atoms with Gasteiger partial charge >= 0.3 is 0 Å². The van der Waals surface area contributed by atoms with Crippen LogP contribution >= 0.6 is 11.3 Å². The van der Waals surface area contributed by atoms with Crippen molar-refractivity contribution in [2.75, 3.05) is 50.4 Å². The van der Waals surface area contributed by atoms with E-state index in [4.69, 9.17) is 10.5 Å². The van der Waals surface area contributed by atoms with Gasteiger partial charge in [0.2, 0.25) is 0 Å². The normalized spacial score (nSPS) is 20.0. The standard InChI is InChI=1S/C14H21N3O2S/c15-11-9-12(20-14(11)13(18)10-1-2-10)16-3-4-17-5-7-19-8-6-17/h9-10,16H,1-8,15H2. The molecule has 1 aromatic heterocycles. The average molecular weight is 295 g/mol. The van der Waals surface area contributed by atoms with Gasteiger partial charge in [-0.2, -0.15) is 0 Å². The molecular weight excluding hydrogens is 274 g/mol. The minimum absolute atomic E-state index is 0.230. The number of thiophene rings is 1. The van der Waals surface area contributed by atoms with Crippen molar-refractivity contribution in [2.45, 2.75) is 12.8 Å². The van der Waals surface area contributed by atoms with Gasteiger partial charge in [-0.1, -0.05) is 0 Å². The Bertz CT molecular complexity index is 479. The van der Waals surface area contributed by atoms with Crippen molar-refractivity contribution in [1.29, 1.82) is 0 Å². The summed E-state index contributed by atoms with van der Waals surface area (Å²) in [5.41, 5.74) is 6.57. The van der Waals surface area contributed by atoms with Crippen LogP contribution in [0.15, 0.2) is 6.07 Å². The predicted molar refractivity (Wildman–Crippen MR) is 81.5 cm³/mol. The number of carbonyl (C=O) groups is 1. The highest BCUT2D eigenvalue weighted by molar-refractivity contribution is 7.18. The third-order valence-electron chi connectivity index (χ3n) is 3.76. The Hall–Kier alpha value is -1.11. The topological polar surface area (TPSA) is 67.6 Å². The molecule has 2 heterocycles. The number of nitrogens with two attached hydrogens (primary N) is 1. The summed E-state index contributed by atoms with van der Waals surface area (Å²) in [6.07, 6.45) is 2.05. The Labute approximate surface area is 123 Å². The fraction of sp³-hybridized carbons (Fsp3) is 0.643. The van der Waals surface area contributed by atoms with E-state index < -0.39 is 0 Å². The minimum atomic E-state index is 0.230. The maximum Gasteiger partial charge on any atom is 0.178 e. The average Bonchev–Trinajstić information content (AvgIpc) is 3.24. The van der Waals surface area contributed by atoms with Crippen molar-refractivity contribution in [2.24, 2.45) is 5.92 Å². The number of hydrogen-bond acceptors (Lipinski definition) is 6. The van der Waals surface area contributed by atoms with Crippen LogP contribution in [-0.4, -0.2) is 50.1 Å². The Morgan fingerprint density at radius 2 is 2.20 bits per heavy atom. The van der Waals surface area contributed by atoms with E-state index in [0.29, 0.717) is 5.69 Å². The number of nitrogen functional groups attached to an aromatic ring is 1. The zero-order valence-electron chi connectivity index (χ0n) is 11.6. The molecule has 0 atom stereocenters. The van der Waals surface area contributed by atoms with Crippen molar-refractivity contribution in [3.05, 3.63) is 10.9 Å². The highest BCUT2D eigenvalue weighted by atomic mass is 32.1. The smallest absolute Gasteiger partial charge is 0.178 e. The van der Waals surface area contributed by atoms with Crippen LogP contribution in [0.25, 0.3) is 0 Å². The number of nitrogens with one attached hydrogen (secondary N) is 1. The van der Waals surface area contributed by atoms with E-state index in [1.54, 1.807) is 0 Å². The number of morpholine rings is 1. The molecule has 1 saturated carbocycles. The van der Waals surface area contributed by atoms with E-state index in [0.717, 1.165) is 62.1 Å². The van der Waals surface area contributed by atoms with Gasteiger partial charge in [-0.3, -0.25) is 9.69 Å². The van der Waals surface area contributed by atoms with E-state index in [1.807, 2.05) is 6.07 Å². The molecule has 1 aliphatic heterocycles. The summed E-state index contributed by atoms with van der Waals surface area (Å²) in [6.45, 7) is 5.52. The first-order chi connectivity index (χ1) is 9.74. The Morgan fingerprint density at radius 1 is 1.45 bits per heavy atom. The maximum absolute atomic E-state index is 12.0. The number of carbonyl (C=O) groups excluding carboxylic acids is 1. The predicted octanol–water partition coefficient (Wildman–Crippen LogP) is 1.67. The highest BCUT2D eigenvalue weighted by Crippen LogP contribution is 2.38. The van der Waals surface area contributed by atoms with Gasteiger partial charge < -0.3 is 15.8 Å². The van der Waals surface area contributed by atoms with Crippen molar-refractivity contribution in [3.63, 3.8) is 0 Å². The zero-order chi connectivity index (χ0) is 13.9. The largest absolute Gasteiger partial charge is 0.397 e. The summed E-state index contributed by atoms with van der Waals surface area (Å²) < 4.78 is 5.32. The van der Waals surface area contributed by atoms with Gasteiger partial charge in [0.05, 0.1) is 28.8 Å². The molecule has 1 aliphatic carbocycles.